The third-order valence-corrected chi connectivity index (χ3v) is 27.0. The topological polar surface area (TPSA) is 29.0 Å². The Kier molecular flexibility index (Phi) is 28.7. The molecule has 0 bridgehead atoms. The fourth-order valence-corrected chi connectivity index (χ4v) is 21.5. The quantitative estimate of drug-likeness (QED) is 0.0713. The summed E-state index contributed by atoms with van der Waals surface area (Å²) in [5.74, 6) is 0. The standard InChI is InChI=1S/C21H23N3.4C18H15P.Pd/c1-16-4-3-12-24(16)13-10-20-8-6-18-14-17(7-9-21(18)23-20)19-5-2-11-22-15-19;4*1-4-10-16(11-5-1)19(17-12-6-2-7-13-17)18-14-8-3-9-15-18;/h2,5-9,11,14-16H,3-4,10,12-13H2,1H3;4*1-15H;/t16-;;;;;/m1...../s1. The molecule has 16 rings (SSSR count). The number of nitrogens with zero attached hydrogens (tertiary/aromatic N) is 3. The van der Waals surface area contributed by atoms with Crippen LogP contribution < -0.4 is 63.7 Å². The predicted molar refractivity (Wildman–Crippen MR) is 440 cm³/mol. The van der Waals surface area contributed by atoms with Gasteiger partial charge in [-0.3, -0.25) is 9.97 Å². The van der Waals surface area contributed by atoms with E-state index in [1.165, 1.54) is 99.7 Å². The van der Waals surface area contributed by atoms with Gasteiger partial charge in [0.2, 0.25) is 0 Å². The smallest absolute Gasteiger partial charge is 0.0705 e. The Labute approximate surface area is 617 Å². The van der Waals surface area contributed by atoms with Crippen molar-refractivity contribution in [2.24, 2.45) is 0 Å². The Hall–Kier alpha value is -9.24. The SMILES string of the molecule is C[C@@H]1CCCN1CCc1ccc2cc(-c3cccnc3)ccc2n1.[Pd].c1ccc(P(c2ccccc2)c2ccccc2)cc1.c1ccc(P(c2ccccc2)c2ccccc2)cc1.c1ccc(P(c2ccccc2)c2ccccc2)cc1.c1ccc(P(c2ccccc2)c2ccccc2)cc1. The molecule has 101 heavy (non-hydrogen) atoms. The van der Waals surface area contributed by atoms with Gasteiger partial charge in [0.1, 0.15) is 0 Å². The van der Waals surface area contributed by atoms with Crippen LogP contribution in [0.5, 0.6) is 0 Å². The zero-order chi connectivity index (χ0) is 68.0. The monoisotopic (exact) mass is 1470 g/mol. The molecule has 1 atom stereocenters. The maximum Gasteiger partial charge on any atom is 0.0705 e. The first-order valence-corrected chi connectivity index (χ1v) is 39.8. The normalized spacial score (nSPS) is 12.3. The maximum absolute atomic E-state index is 4.85. The molecule has 3 nitrogen and oxygen atoms in total. The summed E-state index contributed by atoms with van der Waals surface area (Å²) >= 11 is 0. The zero-order valence-corrected chi connectivity index (χ0v) is 62.0. The molecule has 0 amide bonds. The molecule has 500 valence electrons. The number of hydrogen-bond acceptors (Lipinski definition) is 3. The summed E-state index contributed by atoms with van der Waals surface area (Å²) in [5, 5.41) is 18.0. The van der Waals surface area contributed by atoms with Gasteiger partial charge in [-0.2, -0.15) is 0 Å². The third-order valence-electron chi connectivity index (χ3n) is 17.3. The van der Waals surface area contributed by atoms with Crippen LogP contribution in [-0.4, -0.2) is 34.0 Å². The number of aromatic nitrogens is 2. The molecule has 0 spiro atoms. The Morgan fingerprint density at radius 3 is 0.822 bits per heavy atom. The van der Waals surface area contributed by atoms with E-state index in [1.807, 2.05) is 12.3 Å². The van der Waals surface area contributed by atoms with E-state index in [0.29, 0.717) is 0 Å². The second kappa shape index (κ2) is 39.7. The Morgan fingerprint density at radius 1 is 0.307 bits per heavy atom. The number of hydrogen-bond donors (Lipinski definition) is 0. The Bertz CT molecular complexity index is 3900. The number of pyridine rings is 2. The van der Waals surface area contributed by atoms with Crippen LogP contribution in [0.2, 0.25) is 0 Å². The molecule has 1 saturated heterocycles. The minimum absolute atomic E-state index is 0. The number of likely N-dealkylation sites (tertiary alicyclic amines) is 1. The Morgan fingerprint density at radius 2 is 0.584 bits per heavy atom. The van der Waals surface area contributed by atoms with Gasteiger partial charge < -0.3 is 4.90 Å². The van der Waals surface area contributed by atoms with E-state index in [4.69, 9.17) is 4.98 Å². The summed E-state index contributed by atoms with van der Waals surface area (Å²) in [6.45, 7) is 4.69. The van der Waals surface area contributed by atoms with Gasteiger partial charge in [0.05, 0.1) is 5.52 Å². The molecule has 1 fully saturated rings. The molecule has 3 heterocycles. The first-order chi connectivity index (χ1) is 49.6. The van der Waals surface area contributed by atoms with Crippen molar-refractivity contribution in [3.05, 3.63) is 425 Å². The van der Waals surface area contributed by atoms with E-state index in [-0.39, 0.29) is 20.4 Å². The molecule has 0 radical (unpaired) electrons. The third kappa shape index (κ3) is 21.2. The average molecular weight is 1470 g/mol. The van der Waals surface area contributed by atoms with Crippen LogP contribution >= 0.6 is 31.7 Å². The van der Waals surface area contributed by atoms with Gasteiger partial charge in [0.15, 0.2) is 0 Å². The average Bonchev–Trinajstić information content (AvgIpc) is 1.63. The molecule has 1 aliphatic rings. The van der Waals surface area contributed by atoms with Gasteiger partial charge in [0.25, 0.3) is 0 Å². The van der Waals surface area contributed by atoms with Crippen molar-refractivity contribution in [2.45, 2.75) is 32.2 Å². The van der Waals surface area contributed by atoms with E-state index >= 15 is 0 Å². The van der Waals surface area contributed by atoms with E-state index < -0.39 is 31.7 Å². The minimum atomic E-state index is -0.446. The van der Waals surface area contributed by atoms with Gasteiger partial charge in [-0.05, 0) is 151 Å². The fourth-order valence-electron chi connectivity index (χ4n) is 12.3. The van der Waals surface area contributed by atoms with Gasteiger partial charge in [0, 0.05) is 68.5 Å². The van der Waals surface area contributed by atoms with Gasteiger partial charge in [-0.15, -0.1) is 0 Å². The molecule has 0 aliphatic carbocycles. The van der Waals surface area contributed by atoms with E-state index in [1.54, 1.807) is 6.20 Å². The van der Waals surface area contributed by atoms with E-state index in [0.717, 1.165) is 30.1 Å². The zero-order valence-electron chi connectivity index (χ0n) is 56.9. The fraction of sp³-hybridized carbons (Fsp3) is 0.0753. The summed E-state index contributed by atoms with van der Waals surface area (Å²) in [7, 11) is -1.78. The number of benzene rings is 13. The molecule has 0 unspecified atom stereocenters. The van der Waals surface area contributed by atoms with Crippen LogP contribution in [0, 0.1) is 0 Å². The molecule has 15 aromatic rings. The van der Waals surface area contributed by atoms with Crippen LogP contribution in [0.1, 0.15) is 25.5 Å². The minimum Gasteiger partial charge on any atom is -0.300 e. The van der Waals surface area contributed by atoms with Crippen LogP contribution in [-0.2, 0) is 26.8 Å². The molecular formula is C93H83N3P4Pd. The second-order valence-electron chi connectivity index (χ2n) is 24.1. The van der Waals surface area contributed by atoms with Gasteiger partial charge >= 0.3 is 0 Å². The molecule has 2 aromatic heterocycles. The maximum atomic E-state index is 4.85. The number of fused-ring (bicyclic) bond motifs is 1. The van der Waals surface area contributed by atoms with Crippen LogP contribution in [0.3, 0.4) is 0 Å². The predicted octanol–water partition coefficient (Wildman–Crippen LogP) is 18.1. The molecule has 1 aliphatic heterocycles. The van der Waals surface area contributed by atoms with Crippen LogP contribution in [0.4, 0.5) is 0 Å². The molecule has 13 aromatic carbocycles. The van der Waals surface area contributed by atoms with E-state index in [9.17, 15) is 0 Å². The molecule has 0 N–H and O–H groups in total. The molecule has 0 saturated carbocycles. The summed E-state index contributed by atoms with van der Waals surface area (Å²) in [4.78, 5) is 11.6. The first-order valence-electron chi connectivity index (χ1n) is 34.4. The first kappa shape index (κ1) is 73.0. The van der Waals surface area contributed by atoms with Gasteiger partial charge in [-0.25, -0.2) is 0 Å². The largest absolute Gasteiger partial charge is 0.300 e. The summed E-state index contributed by atoms with van der Waals surface area (Å²) in [6.07, 6.45) is 7.41. The summed E-state index contributed by atoms with van der Waals surface area (Å²) < 4.78 is 0. The number of rotatable bonds is 16. The van der Waals surface area contributed by atoms with Crippen molar-refractivity contribution >= 4 is 106 Å². The van der Waals surface area contributed by atoms with Gasteiger partial charge in [-0.1, -0.05) is 382 Å². The second-order valence-corrected chi connectivity index (χ2v) is 33.0. The van der Waals surface area contributed by atoms with Crippen molar-refractivity contribution in [1.82, 2.24) is 14.9 Å². The van der Waals surface area contributed by atoms with Crippen LogP contribution in [0.25, 0.3) is 22.0 Å². The van der Waals surface area contributed by atoms with Crippen molar-refractivity contribution < 1.29 is 20.4 Å². The van der Waals surface area contributed by atoms with Crippen LogP contribution in [0.15, 0.2) is 419 Å². The molecule has 8 heteroatoms. The van der Waals surface area contributed by atoms with Crippen molar-refractivity contribution in [2.75, 3.05) is 13.1 Å². The van der Waals surface area contributed by atoms with Crippen molar-refractivity contribution in [3.63, 3.8) is 0 Å². The van der Waals surface area contributed by atoms with Crippen molar-refractivity contribution in [3.8, 4) is 11.1 Å². The summed E-state index contributed by atoms with van der Waals surface area (Å²) in [6, 6.07) is 145. The summed E-state index contributed by atoms with van der Waals surface area (Å²) in [5.41, 5.74) is 4.60. The van der Waals surface area contributed by atoms with Crippen molar-refractivity contribution in [1.29, 1.82) is 0 Å². The van der Waals surface area contributed by atoms with E-state index in [2.05, 4.69) is 417 Å². The Balaban J connectivity index is 0.000000127. The molecular weight excluding hydrogens is 1390 g/mol.